The maximum Gasteiger partial charge on any atom is 0.254 e. The number of hydrazine groups is 1. The van der Waals surface area contributed by atoms with Gasteiger partial charge in [0.25, 0.3) is 5.91 Å². The van der Waals surface area contributed by atoms with Crippen molar-refractivity contribution in [3.05, 3.63) is 54.4 Å². The summed E-state index contributed by atoms with van der Waals surface area (Å²) < 4.78 is 1.87. The van der Waals surface area contributed by atoms with E-state index in [0.717, 1.165) is 10.6 Å². The minimum atomic E-state index is -0.452. The summed E-state index contributed by atoms with van der Waals surface area (Å²) in [5.74, 6) is 0.160. The number of hydrogen-bond acceptors (Lipinski definition) is 4. The fourth-order valence-electron chi connectivity index (χ4n) is 1.70. The van der Waals surface area contributed by atoms with Crippen LogP contribution in [-0.2, 0) is 10.7 Å². The lowest BCUT2D eigenvalue weighted by atomic mass is 10.3. The molecule has 1 heterocycles. The number of benzene rings is 1. The van der Waals surface area contributed by atoms with Gasteiger partial charge < -0.3 is 5.73 Å². The zero-order valence-electron chi connectivity index (χ0n) is 11.2. The zero-order valence-corrected chi connectivity index (χ0v) is 12.0. The molecule has 2 amide bonds. The number of para-hydroxylation sites is 1. The van der Waals surface area contributed by atoms with Crippen LogP contribution in [0.25, 0.3) is 0 Å². The number of primary amides is 1. The Labute approximate surface area is 126 Å². The number of nitrogens with one attached hydrogen (secondary N) is 2. The number of rotatable bonds is 7. The van der Waals surface area contributed by atoms with Crippen molar-refractivity contribution in [2.45, 2.75) is 10.8 Å². The molecule has 1 aromatic heterocycles. The van der Waals surface area contributed by atoms with E-state index < -0.39 is 5.91 Å². The van der Waals surface area contributed by atoms with Gasteiger partial charge in [-0.15, -0.1) is 0 Å². The number of nitrogens with two attached hydrogens (primary N) is 1. The van der Waals surface area contributed by atoms with Crippen molar-refractivity contribution in [3.8, 4) is 0 Å². The number of anilines is 1. The molecular formula is C14H15N4O2S+. The molecule has 1 aromatic carbocycles. The molecule has 2 aromatic rings. The summed E-state index contributed by atoms with van der Waals surface area (Å²) in [5.41, 5.74) is 11.8. The highest BCUT2D eigenvalue weighted by atomic mass is 32.2. The smallest absolute Gasteiger partial charge is 0.254 e. The van der Waals surface area contributed by atoms with E-state index in [1.54, 1.807) is 30.1 Å². The van der Waals surface area contributed by atoms with Crippen molar-refractivity contribution in [1.82, 2.24) is 5.43 Å². The van der Waals surface area contributed by atoms with E-state index in [0.29, 0.717) is 17.9 Å². The van der Waals surface area contributed by atoms with Crippen molar-refractivity contribution in [3.63, 3.8) is 0 Å². The van der Waals surface area contributed by atoms with Crippen LogP contribution in [0.4, 0.5) is 5.69 Å². The van der Waals surface area contributed by atoms with Crippen molar-refractivity contribution >= 4 is 29.8 Å². The first-order valence-corrected chi connectivity index (χ1v) is 7.15. The van der Waals surface area contributed by atoms with Crippen LogP contribution < -0.4 is 21.2 Å². The van der Waals surface area contributed by atoms with Gasteiger partial charge in [0, 0.05) is 11.0 Å². The van der Waals surface area contributed by atoms with Gasteiger partial charge >= 0.3 is 0 Å². The standard InChI is InChI=1S/C14H14N4O2S/c15-14(20)11-4-3-7-18(8-11)10-21-13-6-2-1-5-12(13)17-16-9-19/h1-9,17H,10H2,(H2-,15,16,19,20)/p+1. The summed E-state index contributed by atoms with van der Waals surface area (Å²) in [4.78, 5) is 22.5. The second kappa shape index (κ2) is 7.30. The Bertz CT molecular complexity index is 648. The summed E-state index contributed by atoms with van der Waals surface area (Å²) in [7, 11) is 0. The van der Waals surface area contributed by atoms with Gasteiger partial charge in [-0.05, 0) is 18.2 Å². The first-order chi connectivity index (χ1) is 10.2. The van der Waals surface area contributed by atoms with Gasteiger partial charge in [0.05, 0.1) is 5.69 Å². The van der Waals surface area contributed by atoms with Gasteiger partial charge in [0.15, 0.2) is 18.3 Å². The van der Waals surface area contributed by atoms with Gasteiger partial charge in [-0.2, -0.15) is 4.57 Å². The lowest BCUT2D eigenvalue weighted by molar-refractivity contribution is -0.676. The lowest BCUT2D eigenvalue weighted by Crippen LogP contribution is -2.33. The minimum absolute atomic E-state index is 0.452. The molecule has 0 fully saturated rings. The van der Waals surface area contributed by atoms with E-state index in [2.05, 4.69) is 10.9 Å². The Morgan fingerprint density at radius 3 is 2.86 bits per heavy atom. The van der Waals surface area contributed by atoms with E-state index in [1.165, 1.54) is 0 Å². The van der Waals surface area contributed by atoms with Crippen LogP contribution in [0, 0.1) is 0 Å². The number of aromatic nitrogens is 1. The van der Waals surface area contributed by atoms with E-state index >= 15 is 0 Å². The maximum atomic E-state index is 11.2. The summed E-state index contributed by atoms with van der Waals surface area (Å²) in [6.07, 6.45) is 4.14. The number of thioether (sulfide) groups is 1. The summed E-state index contributed by atoms with van der Waals surface area (Å²) in [5, 5.41) is 0. The number of hydrogen-bond donors (Lipinski definition) is 3. The SMILES string of the molecule is NC(=O)c1ccc[n+](CSc2ccccc2NNC=O)c1. The van der Waals surface area contributed by atoms with E-state index in [4.69, 9.17) is 5.73 Å². The van der Waals surface area contributed by atoms with E-state index in [9.17, 15) is 9.59 Å². The van der Waals surface area contributed by atoms with E-state index in [1.807, 2.05) is 35.0 Å². The third-order valence-electron chi connectivity index (χ3n) is 2.66. The summed E-state index contributed by atoms with van der Waals surface area (Å²) >= 11 is 1.56. The van der Waals surface area contributed by atoms with Crippen LogP contribution in [0.3, 0.4) is 0 Å². The third kappa shape index (κ3) is 4.22. The molecule has 0 saturated heterocycles. The number of pyridine rings is 1. The summed E-state index contributed by atoms with van der Waals surface area (Å²) in [6, 6.07) is 11.0. The molecule has 0 bridgehead atoms. The summed E-state index contributed by atoms with van der Waals surface area (Å²) in [6.45, 7) is 0. The fourth-order valence-corrected chi connectivity index (χ4v) is 2.59. The normalized spacial score (nSPS) is 9.90. The molecule has 0 saturated carbocycles. The topological polar surface area (TPSA) is 88.1 Å². The van der Waals surface area contributed by atoms with Crippen LogP contribution in [0.15, 0.2) is 53.7 Å². The Balaban J connectivity index is 2.07. The van der Waals surface area contributed by atoms with Crippen LogP contribution in [0.1, 0.15) is 10.4 Å². The molecular weight excluding hydrogens is 288 g/mol. The van der Waals surface area contributed by atoms with Crippen molar-refractivity contribution in [1.29, 1.82) is 0 Å². The molecule has 4 N–H and O–H groups in total. The van der Waals surface area contributed by atoms with Crippen LogP contribution >= 0.6 is 11.8 Å². The highest BCUT2D eigenvalue weighted by Gasteiger charge is 2.09. The van der Waals surface area contributed by atoms with Crippen LogP contribution in [-0.4, -0.2) is 12.3 Å². The van der Waals surface area contributed by atoms with Gasteiger partial charge in [0.1, 0.15) is 5.56 Å². The fraction of sp³-hybridized carbons (Fsp3) is 0.0714. The van der Waals surface area contributed by atoms with Crippen molar-refractivity contribution in [2.75, 3.05) is 5.43 Å². The van der Waals surface area contributed by atoms with Crippen LogP contribution in [0.2, 0.25) is 0 Å². The van der Waals surface area contributed by atoms with Crippen LogP contribution in [0.5, 0.6) is 0 Å². The molecule has 108 valence electrons. The van der Waals surface area contributed by atoms with Gasteiger partial charge in [-0.25, -0.2) is 0 Å². The van der Waals surface area contributed by atoms with Gasteiger partial charge in [0.2, 0.25) is 6.41 Å². The quantitative estimate of drug-likeness (QED) is 0.307. The number of amides is 2. The Morgan fingerprint density at radius 2 is 2.10 bits per heavy atom. The monoisotopic (exact) mass is 303 g/mol. The average molecular weight is 303 g/mol. The average Bonchev–Trinajstić information content (AvgIpc) is 2.52. The van der Waals surface area contributed by atoms with Gasteiger partial charge in [-0.3, -0.25) is 20.4 Å². The molecule has 7 heteroatoms. The maximum absolute atomic E-state index is 11.2. The molecule has 21 heavy (non-hydrogen) atoms. The number of carbonyl (C=O) groups excluding carboxylic acids is 2. The second-order valence-electron chi connectivity index (χ2n) is 4.13. The first-order valence-electron chi connectivity index (χ1n) is 6.16. The lowest BCUT2D eigenvalue weighted by Gasteiger charge is -2.08. The molecule has 0 aliphatic rings. The Hall–Kier alpha value is -2.54. The molecule has 6 nitrogen and oxygen atoms in total. The highest BCUT2D eigenvalue weighted by molar-refractivity contribution is 7.98. The molecule has 0 aliphatic heterocycles. The van der Waals surface area contributed by atoms with Crippen molar-refractivity contribution < 1.29 is 14.2 Å². The third-order valence-corrected chi connectivity index (χ3v) is 3.76. The number of nitrogens with zero attached hydrogens (tertiary/aromatic N) is 1. The van der Waals surface area contributed by atoms with E-state index in [-0.39, 0.29) is 0 Å². The molecule has 2 rings (SSSR count). The minimum Gasteiger partial charge on any atom is -0.365 e. The zero-order chi connectivity index (χ0) is 15.1. The Morgan fingerprint density at radius 1 is 1.29 bits per heavy atom. The van der Waals surface area contributed by atoms with Gasteiger partial charge in [-0.1, -0.05) is 23.9 Å². The molecule has 0 radical (unpaired) electrons. The molecule has 0 aliphatic carbocycles. The second-order valence-corrected chi connectivity index (χ2v) is 5.11. The number of carbonyl (C=O) groups is 2. The largest absolute Gasteiger partial charge is 0.365 e. The Kier molecular flexibility index (Phi) is 5.16. The predicted molar refractivity (Wildman–Crippen MR) is 80.3 cm³/mol. The highest BCUT2D eigenvalue weighted by Crippen LogP contribution is 2.26. The molecule has 0 unspecified atom stereocenters. The first kappa shape index (κ1) is 14.9. The predicted octanol–water partition coefficient (Wildman–Crippen LogP) is 0.896. The molecule has 0 spiro atoms. The molecule has 0 atom stereocenters. The van der Waals surface area contributed by atoms with Crippen molar-refractivity contribution in [2.24, 2.45) is 5.73 Å².